The zero-order valence-corrected chi connectivity index (χ0v) is 19.7. The van der Waals surface area contributed by atoms with Gasteiger partial charge in [-0.25, -0.2) is 0 Å². The zero-order valence-electron chi connectivity index (χ0n) is 19.7. The highest BCUT2D eigenvalue weighted by molar-refractivity contribution is 5.89. The Labute approximate surface area is 195 Å². The molecule has 0 aliphatic carbocycles. The van der Waals surface area contributed by atoms with Crippen molar-refractivity contribution in [3.05, 3.63) is 77.1 Å². The number of hydrogen-bond acceptors (Lipinski definition) is 3. The number of aromatic nitrogens is 2. The first-order valence-electron chi connectivity index (χ1n) is 11.7. The Kier molecular flexibility index (Phi) is 6.92. The van der Waals surface area contributed by atoms with Gasteiger partial charge in [0.25, 0.3) is 0 Å². The second-order valence-electron chi connectivity index (χ2n) is 8.87. The lowest BCUT2D eigenvalue weighted by Crippen LogP contribution is -2.58. The van der Waals surface area contributed by atoms with Gasteiger partial charge in [-0.15, -0.1) is 0 Å². The summed E-state index contributed by atoms with van der Waals surface area (Å²) >= 11 is 0. The summed E-state index contributed by atoms with van der Waals surface area (Å²) in [5, 5.41) is 7.41. The molecule has 3 aromatic rings. The summed E-state index contributed by atoms with van der Waals surface area (Å²) in [5.41, 5.74) is 6.67. The Bertz CT molecular complexity index is 1150. The predicted molar refractivity (Wildman–Crippen MR) is 130 cm³/mol. The molecule has 0 spiro atoms. The lowest BCUT2D eigenvalue weighted by molar-refractivity contribution is -0.143. The second kappa shape index (κ2) is 10.0. The van der Waals surface area contributed by atoms with Crippen LogP contribution in [0, 0.1) is 20.8 Å². The lowest BCUT2D eigenvalue weighted by Gasteiger charge is -2.35. The zero-order chi connectivity index (χ0) is 23.4. The van der Waals surface area contributed by atoms with Crippen molar-refractivity contribution in [3.63, 3.8) is 0 Å². The van der Waals surface area contributed by atoms with Crippen molar-refractivity contribution in [1.29, 1.82) is 0 Å². The third kappa shape index (κ3) is 5.33. The number of piperazine rings is 1. The first kappa shape index (κ1) is 22.8. The molecule has 2 amide bonds. The van der Waals surface area contributed by atoms with E-state index in [2.05, 4.69) is 41.6 Å². The average Bonchev–Trinajstić information content (AvgIpc) is 3.12. The van der Waals surface area contributed by atoms with Gasteiger partial charge in [0.15, 0.2) is 0 Å². The van der Waals surface area contributed by atoms with Gasteiger partial charge in [0.2, 0.25) is 11.8 Å². The summed E-state index contributed by atoms with van der Waals surface area (Å²) in [6, 6.07) is 18.1. The van der Waals surface area contributed by atoms with Crippen LogP contribution in [0.5, 0.6) is 0 Å². The Balaban J connectivity index is 1.44. The summed E-state index contributed by atoms with van der Waals surface area (Å²) in [6.07, 6.45) is 1.62. The highest BCUT2D eigenvalue weighted by Gasteiger charge is 2.32. The van der Waals surface area contributed by atoms with Gasteiger partial charge in [0, 0.05) is 38.2 Å². The fraction of sp³-hybridized carbons (Fsp3) is 0.370. The van der Waals surface area contributed by atoms with Gasteiger partial charge in [0.05, 0.1) is 5.69 Å². The van der Waals surface area contributed by atoms with Crippen LogP contribution < -0.4 is 5.32 Å². The maximum atomic E-state index is 13.1. The van der Waals surface area contributed by atoms with Crippen LogP contribution in [0.2, 0.25) is 0 Å². The molecule has 1 N–H and O–H groups in total. The molecule has 0 bridgehead atoms. The molecule has 172 valence electrons. The number of amides is 2. The standard InChI is InChI=1S/C27H32N4O2/c1-19-8-4-5-11-24(19)23-10-6-9-22(17-23)18-25-27(33)28-13-15-30(25)26(32)12-7-14-31-21(3)16-20(2)29-31/h4-6,8-11,16-17,25H,7,12-15,18H2,1-3H3,(H,28,33)/t25-/m1/s1. The maximum absolute atomic E-state index is 13.1. The van der Waals surface area contributed by atoms with E-state index in [0.29, 0.717) is 38.9 Å². The van der Waals surface area contributed by atoms with E-state index in [1.807, 2.05) is 48.9 Å². The van der Waals surface area contributed by atoms with Crippen molar-refractivity contribution in [3.8, 4) is 11.1 Å². The molecule has 2 heterocycles. The molecule has 1 aliphatic rings. The SMILES string of the molecule is Cc1cc(C)n(CCCC(=O)N2CCNC(=O)[C@H]2Cc2cccc(-c3ccccc3C)c2)n1. The minimum Gasteiger partial charge on any atom is -0.353 e. The van der Waals surface area contributed by atoms with Gasteiger partial charge in [-0.05, 0) is 55.5 Å². The maximum Gasteiger partial charge on any atom is 0.243 e. The fourth-order valence-electron chi connectivity index (χ4n) is 4.63. The number of carbonyl (C=O) groups excluding carboxylic acids is 2. The van der Waals surface area contributed by atoms with Gasteiger partial charge in [-0.1, -0.05) is 48.5 Å². The molecular weight excluding hydrogens is 412 g/mol. The smallest absolute Gasteiger partial charge is 0.243 e. The molecule has 2 aromatic carbocycles. The monoisotopic (exact) mass is 444 g/mol. The van der Waals surface area contributed by atoms with Crippen molar-refractivity contribution in [1.82, 2.24) is 20.0 Å². The fourth-order valence-corrected chi connectivity index (χ4v) is 4.63. The van der Waals surface area contributed by atoms with Crippen LogP contribution in [0.15, 0.2) is 54.6 Å². The first-order valence-corrected chi connectivity index (χ1v) is 11.7. The number of carbonyl (C=O) groups is 2. The molecule has 1 saturated heterocycles. The van der Waals surface area contributed by atoms with Gasteiger partial charge >= 0.3 is 0 Å². The van der Waals surface area contributed by atoms with Gasteiger partial charge in [-0.3, -0.25) is 14.3 Å². The molecular formula is C27H32N4O2. The molecule has 1 atom stereocenters. The molecule has 0 saturated carbocycles. The molecule has 0 radical (unpaired) electrons. The minimum atomic E-state index is -0.480. The van der Waals surface area contributed by atoms with Crippen LogP contribution in [0.25, 0.3) is 11.1 Å². The van der Waals surface area contributed by atoms with Gasteiger partial charge in [0.1, 0.15) is 6.04 Å². The van der Waals surface area contributed by atoms with E-state index in [1.165, 1.54) is 11.1 Å². The third-order valence-corrected chi connectivity index (χ3v) is 6.33. The van der Waals surface area contributed by atoms with E-state index >= 15 is 0 Å². The lowest BCUT2D eigenvalue weighted by atomic mass is 9.95. The summed E-state index contributed by atoms with van der Waals surface area (Å²) in [5.74, 6) is -0.0409. The van der Waals surface area contributed by atoms with Crippen LogP contribution in [-0.4, -0.2) is 45.6 Å². The average molecular weight is 445 g/mol. The van der Waals surface area contributed by atoms with Crippen molar-refractivity contribution in [2.45, 2.75) is 52.6 Å². The van der Waals surface area contributed by atoms with E-state index in [0.717, 1.165) is 22.5 Å². The molecule has 6 heteroatoms. The number of nitrogens with zero attached hydrogens (tertiary/aromatic N) is 3. The van der Waals surface area contributed by atoms with Crippen molar-refractivity contribution in [2.75, 3.05) is 13.1 Å². The Morgan fingerprint density at radius 3 is 2.67 bits per heavy atom. The van der Waals surface area contributed by atoms with Gasteiger partial charge < -0.3 is 10.2 Å². The van der Waals surface area contributed by atoms with Crippen molar-refractivity contribution >= 4 is 11.8 Å². The largest absolute Gasteiger partial charge is 0.353 e. The molecule has 33 heavy (non-hydrogen) atoms. The summed E-state index contributed by atoms with van der Waals surface area (Å²) in [4.78, 5) is 27.6. The number of benzene rings is 2. The van der Waals surface area contributed by atoms with E-state index < -0.39 is 6.04 Å². The quantitative estimate of drug-likeness (QED) is 0.602. The molecule has 1 fully saturated rings. The summed E-state index contributed by atoms with van der Waals surface area (Å²) in [6.45, 7) is 7.85. The predicted octanol–water partition coefficient (Wildman–Crippen LogP) is 3.83. The van der Waals surface area contributed by atoms with Crippen LogP contribution >= 0.6 is 0 Å². The molecule has 1 aromatic heterocycles. The Morgan fingerprint density at radius 1 is 1.09 bits per heavy atom. The van der Waals surface area contributed by atoms with Gasteiger partial charge in [-0.2, -0.15) is 5.10 Å². The minimum absolute atomic E-state index is 0.0337. The van der Waals surface area contributed by atoms with Crippen LogP contribution in [0.1, 0.15) is 35.4 Å². The molecule has 4 rings (SSSR count). The highest BCUT2D eigenvalue weighted by Crippen LogP contribution is 2.25. The summed E-state index contributed by atoms with van der Waals surface area (Å²) in [7, 11) is 0. The molecule has 6 nitrogen and oxygen atoms in total. The summed E-state index contributed by atoms with van der Waals surface area (Å²) < 4.78 is 1.94. The van der Waals surface area contributed by atoms with Crippen molar-refractivity contribution < 1.29 is 9.59 Å². The van der Waals surface area contributed by atoms with Crippen LogP contribution in [0.4, 0.5) is 0 Å². The Hall–Kier alpha value is -3.41. The van der Waals surface area contributed by atoms with Crippen molar-refractivity contribution in [2.24, 2.45) is 0 Å². The van der Waals surface area contributed by atoms with E-state index in [-0.39, 0.29) is 11.8 Å². The molecule has 0 unspecified atom stereocenters. The molecule has 1 aliphatic heterocycles. The number of nitrogens with one attached hydrogen (secondary N) is 1. The number of rotatable bonds is 7. The third-order valence-electron chi connectivity index (χ3n) is 6.33. The first-order chi connectivity index (χ1) is 15.9. The van der Waals surface area contributed by atoms with Crippen LogP contribution in [0.3, 0.4) is 0 Å². The van der Waals surface area contributed by atoms with E-state index in [4.69, 9.17) is 0 Å². The second-order valence-corrected chi connectivity index (χ2v) is 8.87. The Morgan fingerprint density at radius 2 is 1.91 bits per heavy atom. The van der Waals surface area contributed by atoms with Crippen LogP contribution in [-0.2, 0) is 22.6 Å². The normalized spacial score (nSPS) is 16.0. The number of aryl methyl sites for hydroxylation is 4. The highest BCUT2D eigenvalue weighted by atomic mass is 16.2. The van der Waals surface area contributed by atoms with E-state index in [1.54, 1.807) is 4.90 Å². The van der Waals surface area contributed by atoms with E-state index in [9.17, 15) is 9.59 Å². The topological polar surface area (TPSA) is 67.2 Å². The number of hydrogen-bond donors (Lipinski definition) is 1.